The van der Waals surface area contributed by atoms with Gasteiger partial charge in [-0.2, -0.15) is 0 Å². The average Bonchev–Trinajstić information content (AvgIpc) is 1.79. The van der Waals surface area contributed by atoms with Gasteiger partial charge < -0.3 is 5.11 Å². The van der Waals surface area contributed by atoms with Gasteiger partial charge in [-0.1, -0.05) is 6.58 Å². The Balaban J connectivity index is 2.86. The highest BCUT2D eigenvalue weighted by Crippen LogP contribution is 2.30. The lowest BCUT2D eigenvalue weighted by Crippen LogP contribution is -2.16. The van der Waals surface area contributed by atoms with Gasteiger partial charge in [0.05, 0.1) is 5.60 Å². The summed E-state index contributed by atoms with van der Waals surface area (Å²) in [5, 5.41) is 9.40. The van der Waals surface area contributed by atoms with Crippen molar-refractivity contribution in [3.05, 3.63) is 23.8 Å². The second-order valence-corrected chi connectivity index (χ2v) is 2.96. The fourth-order valence-electron chi connectivity index (χ4n) is 1.19. The number of hydrogen-bond donors (Lipinski definition) is 1. The number of rotatable bonds is 0. The summed E-state index contributed by atoms with van der Waals surface area (Å²) >= 11 is 0. The maximum Gasteiger partial charge on any atom is 0.0845 e. The molecule has 1 unspecified atom stereocenters. The Bertz CT molecular complexity index is 175. The fourth-order valence-corrected chi connectivity index (χ4v) is 1.19. The standard InChI is InChI=1S/C8H12O/c1-6-4-8(3,9)5-7(6)2/h5,9H,1,4H2,2-3H3. The van der Waals surface area contributed by atoms with E-state index in [1.54, 1.807) is 6.92 Å². The molecule has 0 saturated carbocycles. The highest BCUT2D eigenvalue weighted by Gasteiger charge is 2.25. The van der Waals surface area contributed by atoms with Crippen LogP contribution < -0.4 is 0 Å². The van der Waals surface area contributed by atoms with Crippen molar-refractivity contribution in [2.24, 2.45) is 0 Å². The van der Waals surface area contributed by atoms with E-state index in [0.717, 1.165) is 11.1 Å². The summed E-state index contributed by atoms with van der Waals surface area (Å²) in [6.07, 6.45) is 2.55. The SMILES string of the molecule is C=C1CC(C)(O)C=C1C. The van der Waals surface area contributed by atoms with Gasteiger partial charge in [0.1, 0.15) is 0 Å². The molecular weight excluding hydrogens is 112 g/mol. The molecule has 0 aromatic heterocycles. The van der Waals surface area contributed by atoms with Crippen LogP contribution in [0, 0.1) is 0 Å². The smallest absolute Gasteiger partial charge is 0.0845 e. The van der Waals surface area contributed by atoms with E-state index in [2.05, 4.69) is 6.58 Å². The third-order valence-corrected chi connectivity index (χ3v) is 1.66. The molecule has 1 aliphatic rings. The summed E-state index contributed by atoms with van der Waals surface area (Å²) in [6.45, 7) is 7.58. The summed E-state index contributed by atoms with van der Waals surface area (Å²) < 4.78 is 0. The second-order valence-electron chi connectivity index (χ2n) is 2.96. The van der Waals surface area contributed by atoms with Crippen LogP contribution in [0.1, 0.15) is 20.3 Å². The van der Waals surface area contributed by atoms with E-state index in [-0.39, 0.29) is 0 Å². The molecule has 0 fully saturated rings. The van der Waals surface area contributed by atoms with Gasteiger partial charge in [-0.15, -0.1) is 0 Å². The molecule has 0 radical (unpaired) electrons. The monoisotopic (exact) mass is 124 g/mol. The second kappa shape index (κ2) is 1.71. The van der Waals surface area contributed by atoms with E-state index < -0.39 is 5.60 Å². The van der Waals surface area contributed by atoms with Crippen molar-refractivity contribution < 1.29 is 5.11 Å². The molecule has 1 N–H and O–H groups in total. The van der Waals surface area contributed by atoms with E-state index in [4.69, 9.17) is 0 Å². The molecular formula is C8H12O. The Morgan fingerprint density at radius 3 is 2.44 bits per heavy atom. The fraction of sp³-hybridized carbons (Fsp3) is 0.500. The minimum Gasteiger partial charge on any atom is -0.386 e. The lowest BCUT2D eigenvalue weighted by molar-refractivity contribution is 0.119. The van der Waals surface area contributed by atoms with Gasteiger partial charge in [0.15, 0.2) is 0 Å². The first-order valence-corrected chi connectivity index (χ1v) is 3.11. The van der Waals surface area contributed by atoms with Gasteiger partial charge in [-0.25, -0.2) is 0 Å². The highest BCUT2D eigenvalue weighted by atomic mass is 16.3. The summed E-state index contributed by atoms with van der Waals surface area (Å²) in [6, 6.07) is 0. The Morgan fingerprint density at radius 2 is 2.33 bits per heavy atom. The first-order chi connectivity index (χ1) is 4.01. The average molecular weight is 124 g/mol. The molecule has 0 aromatic carbocycles. The van der Waals surface area contributed by atoms with Gasteiger partial charge in [-0.3, -0.25) is 0 Å². The van der Waals surface area contributed by atoms with Crippen LogP contribution in [0.2, 0.25) is 0 Å². The maximum atomic E-state index is 9.40. The highest BCUT2D eigenvalue weighted by molar-refractivity contribution is 5.37. The van der Waals surface area contributed by atoms with Crippen molar-refractivity contribution >= 4 is 0 Å². The molecule has 50 valence electrons. The van der Waals surface area contributed by atoms with E-state index in [0.29, 0.717) is 6.42 Å². The molecule has 0 heterocycles. The van der Waals surface area contributed by atoms with Crippen LogP contribution in [0.3, 0.4) is 0 Å². The molecule has 1 nitrogen and oxygen atoms in total. The zero-order valence-electron chi connectivity index (χ0n) is 5.94. The van der Waals surface area contributed by atoms with Crippen LogP contribution >= 0.6 is 0 Å². The summed E-state index contributed by atoms with van der Waals surface area (Å²) in [5.74, 6) is 0. The number of allylic oxidation sites excluding steroid dienone is 1. The lowest BCUT2D eigenvalue weighted by atomic mass is 10.1. The quantitative estimate of drug-likeness (QED) is 0.520. The van der Waals surface area contributed by atoms with E-state index in [1.165, 1.54) is 0 Å². The van der Waals surface area contributed by atoms with Crippen LogP contribution in [-0.2, 0) is 0 Å². The maximum absolute atomic E-state index is 9.40. The van der Waals surface area contributed by atoms with Crippen LogP contribution in [-0.4, -0.2) is 10.7 Å². The molecule has 0 saturated heterocycles. The van der Waals surface area contributed by atoms with Crippen molar-refractivity contribution in [3.63, 3.8) is 0 Å². The Hall–Kier alpha value is -0.560. The van der Waals surface area contributed by atoms with Gasteiger partial charge in [0, 0.05) is 6.42 Å². The van der Waals surface area contributed by atoms with Gasteiger partial charge in [0.25, 0.3) is 0 Å². The van der Waals surface area contributed by atoms with Gasteiger partial charge in [0.2, 0.25) is 0 Å². The number of hydrogen-bond acceptors (Lipinski definition) is 1. The minimum atomic E-state index is -0.624. The molecule has 1 heteroatoms. The predicted octanol–water partition coefficient (Wildman–Crippen LogP) is 1.64. The molecule has 1 aliphatic carbocycles. The first kappa shape index (κ1) is 6.56. The van der Waals surface area contributed by atoms with Crippen LogP contribution in [0.5, 0.6) is 0 Å². The summed E-state index contributed by atoms with van der Waals surface area (Å²) in [5.41, 5.74) is 1.56. The molecule has 0 amide bonds. The summed E-state index contributed by atoms with van der Waals surface area (Å²) in [7, 11) is 0. The van der Waals surface area contributed by atoms with E-state index >= 15 is 0 Å². The molecule has 0 bridgehead atoms. The zero-order chi connectivity index (χ0) is 7.07. The molecule has 9 heavy (non-hydrogen) atoms. The summed E-state index contributed by atoms with van der Waals surface area (Å²) in [4.78, 5) is 0. The predicted molar refractivity (Wildman–Crippen MR) is 38.1 cm³/mol. The van der Waals surface area contributed by atoms with Gasteiger partial charge >= 0.3 is 0 Å². The molecule has 0 spiro atoms. The third-order valence-electron chi connectivity index (χ3n) is 1.66. The lowest BCUT2D eigenvalue weighted by Gasteiger charge is -2.11. The Morgan fingerprint density at radius 1 is 1.78 bits per heavy atom. The van der Waals surface area contributed by atoms with Crippen LogP contribution in [0.15, 0.2) is 23.8 Å². The van der Waals surface area contributed by atoms with E-state index in [1.807, 2.05) is 13.0 Å². The van der Waals surface area contributed by atoms with Crippen molar-refractivity contribution in [2.75, 3.05) is 0 Å². The normalized spacial score (nSPS) is 35.0. The zero-order valence-corrected chi connectivity index (χ0v) is 5.94. The van der Waals surface area contributed by atoms with Crippen molar-refractivity contribution in [1.82, 2.24) is 0 Å². The van der Waals surface area contributed by atoms with Gasteiger partial charge in [-0.05, 0) is 31.1 Å². The van der Waals surface area contributed by atoms with Crippen molar-refractivity contribution in [3.8, 4) is 0 Å². The number of aliphatic hydroxyl groups is 1. The van der Waals surface area contributed by atoms with Crippen molar-refractivity contribution in [2.45, 2.75) is 25.9 Å². The Labute approximate surface area is 55.7 Å². The Kier molecular flexibility index (Phi) is 1.24. The third kappa shape index (κ3) is 1.22. The van der Waals surface area contributed by atoms with Crippen LogP contribution in [0.25, 0.3) is 0 Å². The topological polar surface area (TPSA) is 20.2 Å². The van der Waals surface area contributed by atoms with Crippen LogP contribution in [0.4, 0.5) is 0 Å². The van der Waals surface area contributed by atoms with E-state index in [9.17, 15) is 5.11 Å². The molecule has 1 rings (SSSR count). The molecule has 1 atom stereocenters. The molecule has 0 aliphatic heterocycles. The molecule has 0 aromatic rings. The largest absolute Gasteiger partial charge is 0.386 e. The first-order valence-electron chi connectivity index (χ1n) is 3.11. The minimum absolute atomic E-state index is 0.624. The van der Waals surface area contributed by atoms with Crippen molar-refractivity contribution in [1.29, 1.82) is 0 Å².